The maximum Gasteiger partial charge on any atom is 0.267 e. The second kappa shape index (κ2) is 3.04. The monoisotopic (exact) mass is 238 g/mol. The Balaban J connectivity index is 1.98. The van der Waals surface area contributed by atoms with Gasteiger partial charge in [-0.1, -0.05) is 13.8 Å². The largest absolute Gasteiger partial charge is 0.364 e. The molecule has 3 aliphatic rings. The van der Waals surface area contributed by atoms with E-state index in [0.717, 1.165) is 19.4 Å². The van der Waals surface area contributed by atoms with Gasteiger partial charge in [0, 0.05) is 24.9 Å². The van der Waals surface area contributed by atoms with Crippen molar-refractivity contribution in [2.24, 2.45) is 16.7 Å². The zero-order valence-electron chi connectivity index (χ0n) is 11.2. The van der Waals surface area contributed by atoms with Crippen LogP contribution in [0.15, 0.2) is 0 Å². The van der Waals surface area contributed by atoms with Crippen LogP contribution in [-0.4, -0.2) is 37.2 Å². The Morgan fingerprint density at radius 2 is 2.12 bits per heavy atom. The van der Waals surface area contributed by atoms with Crippen molar-refractivity contribution in [3.8, 4) is 0 Å². The van der Waals surface area contributed by atoms with E-state index in [1.54, 1.807) is 5.01 Å². The highest BCUT2D eigenvalue weighted by atomic mass is 16.5. The molecule has 1 amide bonds. The quantitative estimate of drug-likeness (QED) is 0.734. The molecule has 2 saturated carbocycles. The van der Waals surface area contributed by atoms with Crippen LogP contribution in [0.4, 0.5) is 0 Å². The Morgan fingerprint density at radius 1 is 1.41 bits per heavy atom. The third-order valence-corrected chi connectivity index (χ3v) is 5.89. The van der Waals surface area contributed by atoms with Gasteiger partial charge in [-0.2, -0.15) is 0 Å². The SMILES string of the molecule is CN(C)NC(=O)C12CC3CCC1(C)C3(C)CO2. The van der Waals surface area contributed by atoms with Crippen molar-refractivity contribution in [3.63, 3.8) is 0 Å². The first kappa shape index (κ1) is 11.5. The number of hydrogen-bond acceptors (Lipinski definition) is 3. The third kappa shape index (κ3) is 1.04. The van der Waals surface area contributed by atoms with Gasteiger partial charge in [0.05, 0.1) is 6.61 Å². The molecule has 17 heavy (non-hydrogen) atoms. The zero-order chi connectivity index (χ0) is 12.5. The van der Waals surface area contributed by atoms with Crippen LogP contribution >= 0.6 is 0 Å². The van der Waals surface area contributed by atoms with E-state index in [9.17, 15) is 4.79 Å². The summed E-state index contributed by atoms with van der Waals surface area (Å²) in [7, 11) is 3.69. The summed E-state index contributed by atoms with van der Waals surface area (Å²) in [5, 5.41) is 1.71. The lowest BCUT2D eigenvalue weighted by molar-refractivity contribution is -0.159. The number of ether oxygens (including phenoxy) is 1. The van der Waals surface area contributed by atoms with Gasteiger partial charge < -0.3 is 4.74 Å². The number of carbonyl (C=O) groups is 1. The molecule has 4 heteroatoms. The second-order valence-electron chi connectivity index (χ2n) is 6.64. The fourth-order valence-electron chi connectivity index (χ4n) is 4.55. The predicted molar refractivity (Wildman–Crippen MR) is 64.1 cm³/mol. The summed E-state index contributed by atoms with van der Waals surface area (Å²) in [5.41, 5.74) is 2.55. The van der Waals surface area contributed by atoms with Crippen LogP contribution in [-0.2, 0) is 9.53 Å². The molecule has 4 bridgehead atoms. The molecule has 0 aromatic heterocycles. The number of hydrazine groups is 1. The minimum absolute atomic E-state index is 0.0186. The fourth-order valence-corrected chi connectivity index (χ4v) is 4.55. The average Bonchev–Trinajstić information content (AvgIpc) is 2.70. The minimum Gasteiger partial charge on any atom is -0.364 e. The van der Waals surface area contributed by atoms with E-state index in [2.05, 4.69) is 19.3 Å². The molecule has 0 aromatic carbocycles. The Morgan fingerprint density at radius 3 is 2.65 bits per heavy atom. The molecule has 1 N–H and O–H groups in total. The van der Waals surface area contributed by atoms with Crippen molar-refractivity contribution in [1.29, 1.82) is 0 Å². The Kier molecular flexibility index (Phi) is 2.05. The molecule has 3 rings (SSSR count). The molecule has 4 atom stereocenters. The molecular formula is C13H22N2O2. The van der Waals surface area contributed by atoms with Crippen molar-refractivity contribution in [2.45, 2.75) is 38.7 Å². The molecule has 1 saturated heterocycles. The third-order valence-electron chi connectivity index (χ3n) is 5.89. The summed E-state index contributed by atoms with van der Waals surface area (Å²) in [5.74, 6) is 0.713. The van der Waals surface area contributed by atoms with E-state index in [1.165, 1.54) is 6.42 Å². The highest BCUT2D eigenvalue weighted by Crippen LogP contribution is 2.74. The molecule has 0 aromatic rings. The lowest BCUT2D eigenvalue weighted by atomic mass is 9.66. The average molecular weight is 238 g/mol. The molecule has 4 nitrogen and oxygen atoms in total. The predicted octanol–water partition coefficient (Wildman–Crippen LogP) is 1.17. The Hall–Kier alpha value is -0.610. The molecule has 1 aliphatic heterocycles. The number of nitrogens with zero attached hydrogens (tertiary/aromatic N) is 1. The molecule has 0 radical (unpaired) electrons. The van der Waals surface area contributed by atoms with E-state index in [4.69, 9.17) is 4.74 Å². The first-order valence-corrected chi connectivity index (χ1v) is 6.48. The highest BCUT2D eigenvalue weighted by Gasteiger charge is 2.78. The maximum atomic E-state index is 12.5. The zero-order valence-corrected chi connectivity index (χ0v) is 11.2. The Bertz CT molecular complexity index is 384. The summed E-state index contributed by atoms with van der Waals surface area (Å²) >= 11 is 0. The summed E-state index contributed by atoms with van der Waals surface area (Å²) in [6, 6.07) is 0. The summed E-state index contributed by atoms with van der Waals surface area (Å²) in [6.07, 6.45) is 3.28. The van der Waals surface area contributed by atoms with Gasteiger partial charge in [-0.05, 0) is 25.2 Å². The van der Waals surface area contributed by atoms with Crippen molar-refractivity contribution in [1.82, 2.24) is 10.4 Å². The standard InChI is InChI=1S/C13H22N2O2/c1-11-8-17-13(10(16)14-15(3)4)7-9(11)5-6-12(11,13)2/h9H,5-8H2,1-4H3,(H,14,16). The van der Waals surface area contributed by atoms with Gasteiger partial charge in [-0.25, -0.2) is 5.01 Å². The summed E-state index contributed by atoms with van der Waals surface area (Å²) < 4.78 is 6.00. The van der Waals surface area contributed by atoms with Crippen LogP contribution in [0.25, 0.3) is 0 Å². The number of hydrogen-bond donors (Lipinski definition) is 1. The number of amides is 1. The van der Waals surface area contributed by atoms with Crippen LogP contribution in [0.2, 0.25) is 0 Å². The molecule has 4 unspecified atom stereocenters. The van der Waals surface area contributed by atoms with Gasteiger partial charge in [0.25, 0.3) is 5.91 Å². The van der Waals surface area contributed by atoms with Crippen molar-refractivity contribution in [3.05, 3.63) is 0 Å². The molecule has 2 aliphatic carbocycles. The van der Waals surface area contributed by atoms with Crippen LogP contribution in [0, 0.1) is 16.7 Å². The molecule has 1 heterocycles. The molecule has 96 valence electrons. The summed E-state index contributed by atoms with van der Waals surface area (Å²) in [4.78, 5) is 12.5. The van der Waals surface area contributed by atoms with Gasteiger partial charge in [0.15, 0.2) is 5.60 Å². The van der Waals surface area contributed by atoms with Crippen molar-refractivity contribution in [2.75, 3.05) is 20.7 Å². The van der Waals surface area contributed by atoms with E-state index in [-0.39, 0.29) is 16.7 Å². The lowest BCUT2D eigenvalue weighted by Crippen LogP contribution is -2.57. The number of carbonyl (C=O) groups excluding carboxylic acids is 1. The molecule has 3 fully saturated rings. The van der Waals surface area contributed by atoms with Gasteiger partial charge in [0.1, 0.15) is 0 Å². The summed E-state index contributed by atoms with van der Waals surface area (Å²) in [6.45, 7) is 5.31. The number of nitrogens with one attached hydrogen (secondary N) is 1. The van der Waals surface area contributed by atoms with Crippen LogP contribution < -0.4 is 5.43 Å². The van der Waals surface area contributed by atoms with Gasteiger partial charge in [0.2, 0.25) is 0 Å². The minimum atomic E-state index is -0.574. The molecule has 0 spiro atoms. The van der Waals surface area contributed by atoms with E-state index in [1.807, 2.05) is 14.1 Å². The highest BCUT2D eigenvalue weighted by molar-refractivity contribution is 5.87. The van der Waals surface area contributed by atoms with Gasteiger partial charge >= 0.3 is 0 Å². The van der Waals surface area contributed by atoms with E-state index >= 15 is 0 Å². The number of rotatable bonds is 2. The van der Waals surface area contributed by atoms with Crippen molar-refractivity contribution < 1.29 is 9.53 Å². The normalized spacial score (nSPS) is 51.2. The smallest absolute Gasteiger partial charge is 0.267 e. The maximum absolute atomic E-state index is 12.5. The topological polar surface area (TPSA) is 41.6 Å². The van der Waals surface area contributed by atoms with E-state index < -0.39 is 5.60 Å². The fraction of sp³-hybridized carbons (Fsp3) is 0.923. The van der Waals surface area contributed by atoms with Gasteiger partial charge in [-0.15, -0.1) is 0 Å². The van der Waals surface area contributed by atoms with Crippen LogP contribution in [0.5, 0.6) is 0 Å². The first-order valence-electron chi connectivity index (χ1n) is 6.48. The van der Waals surface area contributed by atoms with Crippen LogP contribution in [0.3, 0.4) is 0 Å². The van der Waals surface area contributed by atoms with Crippen LogP contribution in [0.1, 0.15) is 33.1 Å². The lowest BCUT2D eigenvalue weighted by Gasteiger charge is -2.40. The molecular weight excluding hydrogens is 216 g/mol. The second-order valence-corrected chi connectivity index (χ2v) is 6.64. The Labute approximate surface area is 103 Å². The van der Waals surface area contributed by atoms with Crippen molar-refractivity contribution >= 4 is 5.91 Å². The van der Waals surface area contributed by atoms with Gasteiger partial charge in [-0.3, -0.25) is 10.2 Å². The van der Waals surface area contributed by atoms with E-state index in [0.29, 0.717) is 5.92 Å². The first-order chi connectivity index (χ1) is 7.86.